The monoisotopic (exact) mass is 399 g/mol. The number of fused-ring (bicyclic) bond motifs is 1. The van der Waals surface area contributed by atoms with Crippen molar-refractivity contribution < 1.29 is 23.5 Å². The van der Waals surface area contributed by atoms with Crippen molar-refractivity contribution in [2.45, 2.75) is 19.8 Å². The van der Waals surface area contributed by atoms with Crippen LogP contribution in [0.4, 0.5) is 4.39 Å². The van der Waals surface area contributed by atoms with Gasteiger partial charge in [0.25, 0.3) is 11.8 Å². The van der Waals surface area contributed by atoms with E-state index in [0.29, 0.717) is 34.6 Å². The number of aromatic amines is 1. The second kappa shape index (κ2) is 9.09. The van der Waals surface area contributed by atoms with Crippen LogP contribution in [0, 0.1) is 5.82 Å². The van der Waals surface area contributed by atoms with E-state index in [2.05, 4.69) is 22.8 Å². The molecule has 2 amide bonds. The zero-order valence-corrected chi connectivity index (χ0v) is 16.2. The van der Waals surface area contributed by atoms with E-state index in [-0.39, 0.29) is 5.69 Å². The quantitative estimate of drug-likeness (QED) is 0.418. The lowest BCUT2D eigenvalue weighted by Gasteiger charge is -2.12. The van der Waals surface area contributed by atoms with E-state index in [1.807, 2.05) is 0 Å². The molecule has 0 fully saturated rings. The van der Waals surface area contributed by atoms with E-state index in [1.54, 1.807) is 12.1 Å². The summed E-state index contributed by atoms with van der Waals surface area (Å²) in [6, 6.07) is 10.4. The molecule has 152 valence electrons. The van der Waals surface area contributed by atoms with Crippen LogP contribution in [0.25, 0.3) is 10.9 Å². The molecule has 0 spiro atoms. The van der Waals surface area contributed by atoms with Crippen molar-refractivity contribution in [2.75, 3.05) is 13.7 Å². The van der Waals surface area contributed by atoms with Crippen LogP contribution in [-0.4, -0.2) is 30.5 Å². The molecule has 3 N–H and O–H groups in total. The van der Waals surface area contributed by atoms with Crippen molar-refractivity contribution in [2.24, 2.45) is 0 Å². The molecule has 8 heteroatoms. The number of rotatable bonds is 7. The Labute approximate surface area is 167 Å². The second-order valence-electron chi connectivity index (χ2n) is 6.39. The molecule has 0 saturated heterocycles. The van der Waals surface area contributed by atoms with E-state index in [0.717, 1.165) is 12.8 Å². The summed E-state index contributed by atoms with van der Waals surface area (Å²) < 4.78 is 24.2. The van der Waals surface area contributed by atoms with Crippen LogP contribution in [0.1, 0.15) is 40.6 Å². The molecule has 2 aromatic carbocycles. The molecule has 0 unspecified atom stereocenters. The minimum atomic E-state index is -0.554. The zero-order valence-electron chi connectivity index (χ0n) is 16.2. The third-order valence-corrected chi connectivity index (χ3v) is 4.30. The number of carbonyl (C=O) groups excluding carboxylic acids is 2. The molecule has 29 heavy (non-hydrogen) atoms. The summed E-state index contributed by atoms with van der Waals surface area (Å²) in [5, 5.41) is 0.560. The van der Waals surface area contributed by atoms with Gasteiger partial charge < -0.3 is 14.5 Å². The SMILES string of the molecule is CCCCOc1ccc(C(=O)NNC(=O)c2cc3cc(F)ccc3[nH]2)cc1OC. The van der Waals surface area contributed by atoms with Gasteiger partial charge >= 0.3 is 0 Å². The van der Waals surface area contributed by atoms with Crippen LogP contribution >= 0.6 is 0 Å². The van der Waals surface area contributed by atoms with Crippen LogP contribution in [0.15, 0.2) is 42.5 Å². The van der Waals surface area contributed by atoms with Crippen LogP contribution in [0.2, 0.25) is 0 Å². The van der Waals surface area contributed by atoms with Crippen LogP contribution in [0.3, 0.4) is 0 Å². The lowest BCUT2D eigenvalue weighted by Crippen LogP contribution is -2.41. The fourth-order valence-electron chi connectivity index (χ4n) is 2.73. The Morgan fingerprint density at radius 1 is 1.03 bits per heavy atom. The molecule has 0 saturated carbocycles. The fraction of sp³-hybridized carbons (Fsp3) is 0.238. The molecule has 0 atom stereocenters. The van der Waals surface area contributed by atoms with Gasteiger partial charge in [0, 0.05) is 16.5 Å². The maximum atomic E-state index is 13.3. The van der Waals surface area contributed by atoms with E-state index in [4.69, 9.17) is 9.47 Å². The lowest BCUT2D eigenvalue weighted by molar-refractivity contribution is 0.0844. The molecule has 0 radical (unpaired) electrons. The molecule has 0 aliphatic rings. The summed E-state index contributed by atoms with van der Waals surface area (Å²) in [7, 11) is 1.49. The molecule has 3 aromatic rings. The number of hydrazine groups is 1. The molecule has 1 heterocycles. The Kier molecular flexibility index (Phi) is 6.33. The first-order valence-electron chi connectivity index (χ1n) is 9.21. The number of amides is 2. The first-order valence-corrected chi connectivity index (χ1v) is 9.21. The molecular formula is C21H22FN3O4. The molecular weight excluding hydrogens is 377 g/mol. The van der Waals surface area contributed by atoms with Gasteiger partial charge in [-0.3, -0.25) is 20.4 Å². The number of nitrogens with one attached hydrogen (secondary N) is 3. The minimum Gasteiger partial charge on any atom is -0.493 e. The second-order valence-corrected chi connectivity index (χ2v) is 6.39. The molecule has 1 aromatic heterocycles. The average molecular weight is 399 g/mol. The standard InChI is InChI=1S/C21H22FN3O4/c1-3-4-9-29-18-8-5-13(12-19(18)28-2)20(26)24-25-21(27)17-11-14-10-15(22)6-7-16(14)23-17/h5-8,10-12,23H,3-4,9H2,1-2H3,(H,24,26)(H,25,27). The van der Waals surface area contributed by atoms with Gasteiger partial charge in [0.2, 0.25) is 0 Å². The molecule has 7 nitrogen and oxygen atoms in total. The van der Waals surface area contributed by atoms with Gasteiger partial charge in [-0.05, 0) is 48.9 Å². The molecule has 0 aliphatic carbocycles. The molecule has 0 bridgehead atoms. The van der Waals surface area contributed by atoms with Gasteiger partial charge in [-0.2, -0.15) is 0 Å². The normalized spacial score (nSPS) is 10.6. The highest BCUT2D eigenvalue weighted by Crippen LogP contribution is 2.28. The van der Waals surface area contributed by atoms with Gasteiger partial charge in [0.1, 0.15) is 11.5 Å². The molecule has 3 rings (SSSR count). The highest BCUT2D eigenvalue weighted by Gasteiger charge is 2.14. The Morgan fingerprint density at radius 2 is 1.83 bits per heavy atom. The summed E-state index contributed by atoms with van der Waals surface area (Å²) in [6.07, 6.45) is 1.92. The number of unbranched alkanes of at least 4 members (excludes halogenated alkanes) is 1. The number of methoxy groups -OCH3 is 1. The summed E-state index contributed by atoms with van der Waals surface area (Å²) in [4.78, 5) is 27.5. The smallest absolute Gasteiger partial charge is 0.286 e. The third-order valence-electron chi connectivity index (χ3n) is 4.30. The number of ether oxygens (including phenoxy) is 2. The van der Waals surface area contributed by atoms with Gasteiger partial charge in [-0.25, -0.2) is 4.39 Å². The maximum Gasteiger partial charge on any atom is 0.286 e. The number of hydrogen-bond donors (Lipinski definition) is 3. The summed E-state index contributed by atoms with van der Waals surface area (Å²) in [6.45, 7) is 2.62. The summed E-state index contributed by atoms with van der Waals surface area (Å²) in [5.74, 6) is -0.488. The number of aromatic nitrogens is 1. The lowest BCUT2D eigenvalue weighted by atomic mass is 10.2. The Hall–Kier alpha value is -3.55. The number of carbonyl (C=O) groups is 2. The van der Waals surface area contributed by atoms with Crippen molar-refractivity contribution in [3.63, 3.8) is 0 Å². The zero-order chi connectivity index (χ0) is 20.8. The van der Waals surface area contributed by atoms with Crippen molar-refractivity contribution >= 4 is 22.7 Å². The van der Waals surface area contributed by atoms with Gasteiger partial charge in [0.05, 0.1) is 13.7 Å². The molecule has 0 aliphatic heterocycles. The van der Waals surface area contributed by atoms with E-state index >= 15 is 0 Å². The van der Waals surface area contributed by atoms with Crippen LogP contribution in [-0.2, 0) is 0 Å². The van der Waals surface area contributed by atoms with Crippen LogP contribution in [0.5, 0.6) is 11.5 Å². The number of halogens is 1. The van der Waals surface area contributed by atoms with Crippen molar-refractivity contribution in [3.8, 4) is 11.5 Å². The Bertz CT molecular complexity index is 1030. The summed E-state index contributed by atoms with van der Waals surface area (Å²) in [5.41, 5.74) is 5.79. The van der Waals surface area contributed by atoms with Crippen molar-refractivity contribution in [1.29, 1.82) is 0 Å². The van der Waals surface area contributed by atoms with E-state index in [1.165, 1.54) is 37.4 Å². The predicted octanol–water partition coefficient (Wildman–Crippen LogP) is 3.57. The minimum absolute atomic E-state index is 0.197. The number of hydrogen-bond acceptors (Lipinski definition) is 4. The largest absolute Gasteiger partial charge is 0.493 e. The predicted molar refractivity (Wildman–Crippen MR) is 107 cm³/mol. The van der Waals surface area contributed by atoms with Gasteiger partial charge in [0.15, 0.2) is 11.5 Å². The average Bonchev–Trinajstić information content (AvgIpc) is 3.15. The maximum absolute atomic E-state index is 13.3. The first kappa shape index (κ1) is 20.2. The number of benzene rings is 2. The van der Waals surface area contributed by atoms with Crippen molar-refractivity contribution in [3.05, 3.63) is 59.5 Å². The highest BCUT2D eigenvalue weighted by molar-refractivity contribution is 6.01. The first-order chi connectivity index (χ1) is 14.0. The Balaban J connectivity index is 1.63. The topological polar surface area (TPSA) is 92.5 Å². The van der Waals surface area contributed by atoms with Gasteiger partial charge in [-0.1, -0.05) is 13.3 Å². The third kappa shape index (κ3) is 4.84. The van der Waals surface area contributed by atoms with E-state index < -0.39 is 17.6 Å². The number of H-pyrrole nitrogens is 1. The Morgan fingerprint density at radius 3 is 2.59 bits per heavy atom. The van der Waals surface area contributed by atoms with Gasteiger partial charge in [-0.15, -0.1) is 0 Å². The van der Waals surface area contributed by atoms with Crippen LogP contribution < -0.4 is 20.3 Å². The fourth-order valence-corrected chi connectivity index (χ4v) is 2.73. The van der Waals surface area contributed by atoms with E-state index in [9.17, 15) is 14.0 Å². The highest BCUT2D eigenvalue weighted by atomic mass is 19.1. The summed E-state index contributed by atoms with van der Waals surface area (Å²) >= 11 is 0. The van der Waals surface area contributed by atoms with Crippen molar-refractivity contribution in [1.82, 2.24) is 15.8 Å².